The second-order valence-corrected chi connectivity index (χ2v) is 4.95. The zero-order valence-corrected chi connectivity index (χ0v) is 11.6. The van der Waals surface area contributed by atoms with Gasteiger partial charge in [0, 0.05) is 16.5 Å². The average Bonchev–Trinajstić information content (AvgIpc) is 2.54. The summed E-state index contributed by atoms with van der Waals surface area (Å²) in [5.41, 5.74) is 2.92. The molecule has 21 heavy (non-hydrogen) atoms. The summed E-state index contributed by atoms with van der Waals surface area (Å²) < 4.78 is 0. The van der Waals surface area contributed by atoms with E-state index in [-0.39, 0.29) is 0 Å². The first-order valence-corrected chi connectivity index (χ1v) is 6.65. The topological polar surface area (TPSA) is 53.8 Å². The van der Waals surface area contributed by atoms with Gasteiger partial charge in [-0.3, -0.25) is 4.79 Å². The number of aromatic nitrogens is 1. The Hall–Kier alpha value is -2.70. The van der Waals surface area contributed by atoms with Crippen LogP contribution in [-0.2, 0) is 0 Å². The molecule has 0 saturated carbocycles. The van der Waals surface area contributed by atoms with Crippen LogP contribution >= 0.6 is 11.6 Å². The van der Waals surface area contributed by atoms with Crippen molar-refractivity contribution in [2.24, 2.45) is 0 Å². The molecule has 0 radical (unpaired) electrons. The van der Waals surface area contributed by atoms with Crippen LogP contribution in [0.1, 0.15) is 16.1 Å². The SMILES string of the molecule is N#Cc1nc2ccccc2cc1-c1ccc(Cl)c(C=O)c1. The first-order chi connectivity index (χ1) is 10.2. The second-order valence-electron chi connectivity index (χ2n) is 4.54. The summed E-state index contributed by atoms with van der Waals surface area (Å²) in [4.78, 5) is 15.4. The molecule has 0 saturated heterocycles. The molecule has 0 fully saturated rings. The molecule has 4 heteroatoms. The molecule has 0 bridgehead atoms. The third-order valence-electron chi connectivity index (χ3n) is 3.26. The summed E-state index contributed by atoms with van der Waals surface area (Å²) in [6.07, 6.45) is 0.701. The minimum absolute atomic E-state index is 0.327. The molecule has 0 amide bonds. The highest BCUT2D eigenvalue weighted by molar-refractivity contribution is 6.33. The number of carbonyl (C=O) groups excluding carboxylic acids is 1. The van der Waals surface area contributed by atoms with Gasteiger partial charge < -0.3 is 0 Å². The number of carbonyl (C=O) groups is 1. The molecule has 0 aliphatic carbocycles. The van der Waals surface area contributed by atoms with Gasteiger partial charge in [0.15, 0.2) is 6.29 Å². The fourth-order valence-corrected chi connectivity index (χ4v) is 2.38. The van der Waals surface area contributed by atoms with Crippen LogP contribution in [0, 0.1) is 11.3 Å². The number of halogens is 1. The fraction of sp³-hybridized carbons (Fsp3) is 0. The van der Waals surface area contributed by atoms with E-state index in [4.69, 9.17) is 11.6 Å². The number of pyridine rings is 1. The number of benzene rings is 2. The molecular formula is C17H9ClN2O. The first kappa shape index (κ1) is 13.3. The number of hydrogen-bond donors (Lipinski definition) is 0. The van der Waals surface area contributed by atoms with Crippen LogP contribution < -0.4 is 0 Å². The minimum Gasteiger partial charge on any atom is -0.298 e. The van der Waals surface area contributed by atoms with Crippen LogP contribution in [0.5, 0.6) is 0 Å². The van der Waals surface area contributed by atoms with E-state index in [1.807, 2.05) is 30.3 Å². The summed E-state index contributed by atoms with van der Waals surface area (Å²) in [6.45, 7) is 0. The van der Waals surface area contributed by atoms with Crippen molar-refractivity contribution < 1.29 is 4.79 Å². The lowest BCUT2D eigenvalue weighted by Gasteiger charge is -2.07. The summed E-state index contributed by atoms with van der Waals surface area (Å²) in [7, 11) is 0. The highest BCUT2D eigenvalue weighted by Gasteiger charge is 2.10. The third-order valence-corrected chi connectivity index (χ3v) is 3.61. The number of hydrogen-bond acceptors (Lipinski definition) is 3. The van der Waals surface area contributed by atoms with Gasteiger partial charge in [-0.25, -0.2) is 4.98 Å². The van der Waals surface area contributed by atoms with Crippen molar-refractivity contribution in [1.82, 2.24) is 4.98 Å². The molecule has 0 atom stereocenters. The van der Waals surface area contributed by atoms with Crippen LogP contribution in [0.3, 0.4) is 0 Å². The zero-order valence-electron chi connectivity index (χ0n) is 10.9. The molecule has 1 heterocycles. The van der Waals surface area contributed by atoms with Crippen molar-refractivity contribution in [3.05, 3.63) is 64.8 Å². The summed E-state index contributed by atoms with van der Waals surface area (Å²) in [6, 6.07) is 16.7. The van der Waals surface area contributed by atoms with Crippen LogP contribution in [0.4, 0.5) is 0 Å². The second kappa shape index (κ2) is 5.35. The lowest BCUT2D eigenvalue weighted by molar-refractivity contribution is 0.112. The Morgan fingerprint density at radius 2 is 1.95 bits per heavy atom. The Morgan fingerprint density at radius 1 is 1.14 bits per heavy atom. The van der Waals surface area contributed by atoms with E-state index in [0.29, 0.717) is 28.1 Å². The number of aldehydes is 1. The number of nitrogens with zero attached hydrogens (tertiary/aromatic N) is 2. The Morgan fingerprint density at radius 3 is 2.71 bits per heavy atom. The lowest BCUT2D eigenvalue weighted by atomic mass is 10.00. The van der Waals surface area contributed by atoms with E-state index in [1.54, 1.807) is 18.2 Å². The van der Waals surface area contributed by atoms with E-state index < -0.39 is 0 Å². The number of rotatable bonds is 2. The Balaban J connectivity index is 2.28. The molecule has 0 N–H and O–H groups in total. The Labute approximate surface area is 126 Å². The van der Waals surface area contributed by atoms with Crippen molar-refractivity contribution in [1.29, 1.82) is 5.26 Å². The quantitative estimate of drug-likeness (QED) is 0.664. The zero-order chi connectivity index (χ0) is 14.8. The van der Waals surface area contributed by atoms with Gasteiger partial charge in [-0.05, 0) is 29.8 Å². The van der Waals surface area contributed by atoms with E-state index in [0.717, 1.165) is 16.5 Å². The summed E-state index contributed by atoms with van der Waals surface area (Å²) in [5.74, 6) is 0. The highest BCUT2D eigenvalue weighted by atomic mass is 35.5. The molecule has 0 aliphatic rings. The fourth-order valence-electron chi connectivity index (χ4n) is 2.22. The van der Waals surface area contributed by atoms with Crippen LogP contribution in [0.2, 0.25) is 5.02 Å². The van der Waals surface area contributed by atoms with E-state index in [2.05, 4.69) is 11.1 Å². The molecule has 3 nitrogen and oxygen atoms in total. The van der Waals surface area contributed by atoms with Gasteiger partial charge in [0.1, 0.15) is 11.8 Å². The molecule has 3 rings (SSSR count). The molecular weight excluding hydrogens is 284 g/mol. The van der Waals surface area contributed by atoms with Gasteiger partial charge in [0.2, 0.25) is 0 Å². The maximum Gasteiger partial charge on any atom is 0.151 e. The van der Waals surface area contributed by atoms with Crippen LogP contribution in [0.25, 0.3) is 22.0 Å². The minimum atomic E-state index is 0.327. The van der Waals surface area contributed by atoms with E-state index in [9.17, 15) is 10.1 Å². The average molecular weight is 293 g/mol. The molecule has 3 aromatic rings. The van der Waals surface area contributed by atoms with Crippen molar-refractivity contribution >= 4 is 28.8 Å². The van der Waals surface area contributed by atoms with E-state index >= 15 is 0 Å². The number of fused-ring (bicyclic) bond motifs is 1. The third kappa shape index (κ3) is 2.37. The lowest BCUT2D eigenvalue weighted by Crippen LogP contribution is -1.92. The highest BCUT2D eigenvalue weighted by Crippen LogP contribution is 2.28. The number of para-hydroxylation sites is 1. The Kier molecular flexibility index (Phi) is 3.39. The number of nitriles is 1. The maximum absolute atomic E-state index is 11.0. The summed E-state index contributed by atoms with van der Waals surface area (Å²) in [5, 5.41) is 10.6. The largest absolute Gasteiger partial charge is 0.298 e. The van der Waals surface area contributed by atoms with Gasteiger partial charge in [-0.1, -0.05) is 35.9 Å². The molecule has 1 aromatic heterocycles. The van der Waals surface area contributed by atoms with Crippen molar-refractivity contribution in [3.63, 3.8) is 0 Å². The summed E-state index contributed by atoms with van der Waals surface area (Å²) >= 11 is 5.94. The van der Waals surface area contributed by atoms with Gasteiger partial charge in [0.25, 0.3) is 0 Å². The van der Waals surface area contributed by atoms with E-state index in [1.165, 1.54) is 0 Å². The molecule has 2 aromatic carbocycles. The van der Waals surface area contributed by atoms with Crippen molar-refractivity contribution in [2.75, 3.05) is 0 Å². The van der Waals surface area contributed by atoms with Crippen molar-refractivity contribution in [3.8, 4) is 17.2 Å². The van der Waals surface area contributed by atoms with Crippen LogP contribution in [-0.4, -0.2) is 11.3 Å². The van der Waals surface area contributed by atoms with Gasteiger partial charge in [-0.15, -0.1) is 0 Å². The van der Waals surface area contributed by atoms with Crippen LogP contribution in [0.15, 0.2) is 48.5 Å². The van der Waals surface area contributed by atoms with Gasteiger partial charge in [-0.2, -0.15) is 5.26 Å². The standard InChI is InChI=1S/C17H9ClN2O/c18-15-6-5-11(7-13(15)10-21)14-8-12-3-1-2-4-16(12)20-17(14)9-19/h1-8,10H. The van der Waals surface area contributed by atoms with Gasteiger partial charge >= 0.3 is 0 Å². The van der Waals surface area contributed by atoms with Gasteiger partial charge in [0.05, 0.1) is 10.5 Å². The monoisotopic (exact) mass is 292 g/mol. The maximum atomic E-state index is 11.0. The molecule has 100 valence electrons. The molecule has 0 unspecified atom stereocenters. The first-order valence-electron chi connectivity index (χ1n) is 6.28. The molecule has 0 aliphatic heterocycles. The molecule has 0 spiro atoms. The normalized spacial score (nSPS) is 10.3. The Bertz CT molecular complexity index is 897. The smallest absolute Gasteiger partial charge is 0.151 e. The predicted octanol–water partition coefficient (Wildman–Crippen LogP) is 4.24. The predicted molar refractivity (Wildman–Crippen MR) is 82.3 cm³/mol. The van der Waals surface area contributed by atoms with Crippen molar-refractivity contribution in [2.45, 2.75) is 0 Å².